The standard InChI is InChI=1S/C14H22N2O2S2/c1-4-12-9-16(7-8-19-12)20(17,18)14-11(3)6-5-10(2)13(14)15/h5-6,12H,4,7-9,15H2,1-3H3. The van der Waals surface area contributed by atoms with Crippen molar-refractivity contribution < 1.29 is 8.42 Å². The number of nitrogens with two attached hydrogens (primary N) is 1. The Morgan fingerprint density at radius 3 is 2.65 bits per heavy atom. The number of sulfonamides is 1. The van der Waals surface area contributed by atoms with Crippen molar-refractivity contribution in [3.05, 3.63) is 23.3 Å². The molecular weight excluding hydrogens is 292 g/mol. The summed E-state index contributed by atoms with van der Waals surface area (Å²) in [4.78, 5) is 0.291. The van der Waals surface area contributed by atoms with Gasteiger partial charge < -0.3 is 5.73 Å². The van der Waals surface area contributed by atoms with Gasteiger partial charge in [-0.15, -0.1) is 0 Å². The highest BCUT2D eigenvalue weighted by molar-refractivity contribution is 8.00. The van der Waals surface area contributed by atoms with E-state index in [9.17, 15) is 8.42 Å². The van der Waals surface area contributed by atoms with E-state index < -0.39 is 10.0 Å². The zero-order valence-corrected chi connectivity index (χ0v) is 13.9. The molecule has 0 spiro atoms. The molecule has 1 unspecified atom stereocenters. The van der Waals surface area contributed by atoms with Gasteiger partial charge in [0.05, 0.1) is 5.69 Å². The zero-order valence-electron chi connectivity index (χ0n) is 12.2. The molecule has 0 saturated carbocycles. The maximum atomic E-state index is 12.9. The van der Waals surface area contributed by atoms with Crippen LogP contribution in [0, 0.1) is 13.8 Å². The van der Waals surface area contributed by atoms with Crippen LogP contribution in [-0.2, 0) is 10.0 Å². The lowest BCUT2D eigenvalue weighted by molar-refractivity contribution is 0.416. The van der Waals surface area contributed by atoms with Gasteiger partial charge in [0.15, 0.2) is 0 Å². The molecule has 0 radical (unpaired) electrons. The summed E-state index contributed by atoms with van der Waals surface area (Å²) in [6, 6.07) is 3.69. The maximum absolute atomic E-state index is 12.9. The van der Waals surface area contributed by atoms with Gasteiger partial charge >= 0.3 is 0 Å². The Balaban J connectivity index is 2.43. The third kappa shape index (κ3) is 2.82. The van der Waals surface area contributed by atoms with Crippen LogP contribution in [0.15, 0.2) is 17.0 Å². The van der Waals surface area contributed by atoms with E-state index in [0.717, 1.165) is 23.3 Å². The second-order valence-electron chi connectivity index (χ2n) is 5.21. The van der Waals surface area contributed by atoms with Crippen molar-refractivity contribution in [2.45, 2.75) is 37.3 Å². The number of anilines is 1. The van der Waals surface area contributed by atoms with E-state index in [1.54, 1.807) is 11.2 Å². The Hall–Kier alpha value is -0.720. The first-order chi connectivity index (χ1) is 9.37. The van der Waals surface area contributed by atoms with E-state index in [1.807, 2.05) is 30.8 Å². The predicted molar refractivity (Wildman–Crippen MR) is 85.6 cm³/mol. The molecule has 2 N–H and O–H groups in total. The number of hydrogen-bond donors (Lipinski definition) is 1. The molecule has 2 rings (SSSR count). The molecule has 6 heteroatoms. The largest absolute Gasteiger partial charge is 0.397 e. The summed E-state index contributed by atoms with van der Waals surface area (Å²) >= 11 is 1.85. The summed E-state index contributed by atoms with van der Waals surface area (Å²) in [7, 11) is -3.49. The molecule has 112 valence electrons. The first-order valence-electron chi connectivity index (χ1n) is 6.85. The molecule has 4 nitrogen and oxygen atoms in total. The van der Waals surface area contributed by atoms with Crippen LogP contribution in [0.4, 0.5) is 5.69 Å². The second-order valence-corrected chi connectivity index (χ2v) is 8.49. The molecule has 1 aromatic rings. The van der Waals surface area contributed by atoms with Crippen LogP contribution in [0.5, 0.6) is 0 Å². The number of aryl methyl sites for hydroxylation is 2. The molecule has 1 saturated heterocycles. The number of benzene rings is 1. The molecule has 1 aliphatic rings. The summed E-state index contributed by atoms with van der Waals surface area (Å²) in [5.41, 5.74) is 7.95. The van der Waals surface area contributed by atoms with Gasteiger partial charge in [-0.1, -0.05) is 19.1 Å². The SMILES string of the molecule is CCC1CN(S(=O)(=O)c2c(C)ccc(C)c2N)CCS1. The van der Waals surface area contributed by atoms with Crippen molar-refractivity contribution in [1.82, 2.24) is 4.31 Å². The highest BCUT2D eigenvalue weighted by Crippen LogP contribution is 2.31. The van der Waals surface area contributed by atoms with Gasteiger partial charge in [0.2, 0.25) is 10.0 Å². The monoisotopic (exact) mass is 314 g/mol. The lowest BCUT2D eigenvalue weighted by Crippen LogP contribution is -2.42. The van der Waals surface area contributed by atoms with Crippen LogP contribution < -0.4 is 5.73 Å². The number of rotatable bonds is 3. The molecule has 0 aromatic heterocycles. The molecule has 1 atom stereocenters. The Kier molecular flexibility index (Phi) is 4.66. The zero-order chi connectivity index (χ0) is 14.9. The average Bonchev–Trinajstić information content (AvgIpc) is 2.43. The third-order valence-corrected chi connectivity index (χ3v) is 7.21. The number of nitrogen functional groups attached to an aromatic ring is 1. The Morgan fingerprint density at radius 2 is 2.00 bits per heavy atom. The van der Waals surface area contributed by atoms with E-state index in [2.05, 4.69) is 6.92 Å². The summed E-state index contributed by atoms with van der Waals surface area (Å²) in [6.45, 7) is 6.89. The first-order valence-corrected chi connectivity index (χ1v) is 9.34. The van der Waals surface area contributed by atoms with Crippen LogP contribution in [-0.4, -0.2) is 36.8 Å². The summed E-state index contributed by atoms with van der Waals surface area (Å²) in [5.74, 6) is 0.850. The molecule has 1 heterocycles. The van der Waals surface area contributed by atoms with Gasteiger partial charge in [-0.05, 0) is 31.4 Å². The Labute approximate surface area is 125 Å². The van der Waals surface area contributed by atoms with Crippen LogP contribution in [0.2, 0.25) is 0 Å². The number of hydrogen-bond acceptors (Lipinski definition) is 4. The lowest BCUT2D eigenvalue weighted by atomic mass is 10.1. The molecule has 1 fully saturated rings. The maximum Gasteiger partial charge on any atom is 0.245 e. The third-order valence-electron chi connectivity index (χ3n) is 3.77. The second kappa shape index (κ2) is 5.95. The van der Waals surface area contributed by atoms with Crippen LogP contribution >= 0.6 is 11.8 Å². The number of thioether (sulfide) groups is 1. The van der Waals surface area contributed by atoms with Gasteiger partial charge in [0.1, 0.15) is 4.90 Å². The first kappa shape index (κ1) is 15.7. The highest BCUT2D eigenvalue weighted by Gasteiger charge is 2.32. The average molecular weight is 314 g/mol. The van der Waals surface area contributed by atoms with Gasteiger partial charge in [-0.3, -0.25) is 0 Å². The van der Waals surface area contributed by atoms with Gasteiger partial charge in [0, 0.05) is 24.1 Å². The van der Waals surface area contributed by atoms with E-state index >= 15 is 0 Å². The van der Waals surface area contributed by atoms with Crippen LogP contribution in [0.3, 0.4) is 0 Å². The Morgan fingerprint density at radius 1 is 1.35 bits per heavy atom. The van der Waals surface area contributed by atoms with Crippen LogP contribution in [0.1, 0.15) is 24.5 Å². The van der Waals surface area contributed by atoms with Crippen molar-refractivity contribution in [2.24, 2.45) is 0 Å². The quantitative estimate of drug-likeness (QED) is 0.870. The van der Waals surface area contributed by atoms with Crippen molar-refractivity contribution >= 4 is 27.5 Å². The molecule has 20 heavy (non-hydrogen) atoms. The molecule has 0 aliphatic carbocycles. The van der Waals surface area contributed by atoms with Crippen molar-refractivity contribution in [3.63, 3.8) is 0 Å². The fourth-order valence-corrected chi connectivity index (χ4v) is 5.71. The van der Waals surface area contributed by atoms with Crippen molar-refractivity contribution in [2.75, 3.05) is 24.6 Å². The fourth-order valence-electron chi connectivity index (χ4n) is 2.44. The number of nitrogens with zero attached hydrogens (tertiary/aromatic N) is 1. The van der Waals surface area contributed by atoms with Gasteiger partial charge in [-0.2, -0.15) is 16.1 Å². The summed E-state index contributed by atoms with van der Waals surface area (Å²) in [6.07, 6.45) is 0.985. The topological polar surface area (TPSA) is 63.4 Å². The van der Waals surface area contributed by atoms with Crippen LogP contribution in [0.25, 0.3) is 0 Å². The molecule has 0 amide bonds. The normalized spacial score (nSPS) is 21.1. The minimum Gasteiger partial charge on any atom is -0.397 e. The summed E-state index contributed by atoms with van der Waals surface area (Å²) in [5, 5.41) is 0.380. The molecule has 1 aliphatic heterocycles. The summed E-state index contributed by atoms with van der Waals surface area (Å²) < 4.78 is 27.4. The highest BCUT2D eigenvalue weighted by atomic mass is 32.2. The minimum atomic E-state index is -3.49. The van der Waals surface area contributed by atoms with E-state index in [4.69, 9.17) is 5.73 Å². The van der Waals surface area contributed by atoms with Gasteiger partial charge in [-0.25, -0.2) is 8.42 Å². The fraction of sp³-hybridized carbons (Fsp3) is 0.571. The van der Waals surface area contributed by atoms with Crippen molar-refractivity contribution in [1.29, 1.82) is 0 Å². The Bertz CT molecular complexity index is 599. The lowest BCUT2D eigenvalue weighted by Gasteiger charge is -2.31. The van der Waals surface area contributed by atoms with Crippen molar-refractivity contribution in [3.8, 4) is 0 Å². The van der Waals surface area contributed by atoms with E-state index in [-0.39, 0.29) is 0 Å². The van der Waals surface area contributed by atoms with E-state index in [0.29, 0.717) is 28.9 Å². The molecular formula is C14H22N2O2S2. The minimum absolute atomic E-state index is 0.291. The van der Waals surface area contributed by atoms with E-state index in [1.165, 1.54) is 0 Å². The molecule has 1 aromatic carbocycles. The molecule has 0 bridgehead atoms. The predicted octanol–water partition coefficient (Wildman–Crippen LogP) is 2.40. The smallest absolute Gasteiger partial charge is 0.245 e. The van der Waals surface area contributed by atoms with Gasteiger partial charge in [0.25, 0.3) is 0 Å².